The Morgan fingerprint density at radius 1 is 1.39 bits per heavy atom. The maximum absolute atomic E-state index is 12.2. The molecule has 1 heterocycles. The van der Waals surface area contributed by atoms with Gasteiger partial charge in [0.25, 0.3) is 0 Å². The predicted octanol–water partition coefficient (Wildman–Crippen LogP) is 1.58. The van der Waals surface area contributed by atoms with Crippen molar-refractivity contribution in [2.45, 2.75) is 13.3 Å². The molecule has 0 aromatic carbocycles. The van der Waals surface area contributed by atoms with Gasteiger partial charge in [-0.15, -0.1) is 13.2 Å². The molecule has 0 aromatic rings. The van der Waals surface area contributed by atoms with Crippen molar-refractivity contribution in [1.29, 1.82) is 0 Å². The molecule has 1 fully saturated rings. The first-order valence-electron chi connectivity index (χ1n) is 5.93. The first-order valence-corrected chi connectivity index (χ1v) is 5.93. The lowest BCUT2D eigenvalue weighted by molar-refractivity contribution is -0.147. The lowest BCUT2D eigenvalue weighted by atomic mass is 9.90. The minimum atomic E-state index is -0.850. The van der Waals surface area contributed by atoms with Crippen molar-refractivity contribution in [3.63, 3.8) is 0 Å². The molecule has 1 unspecified atom stereocenters. The van der Waals surface area contributed by atoms with Gasteiger partial charge >= 0.3 is 12.0 Å². The molecule has 100 valence electrons. The van der Waals surface area contributed by atoms with E-state index in [-0.39, 0.29) is 12.6 Å². The van der Waals surface area contributed by atoms with Crippen LogP contribution in [-0.4, -0.2) is 53.1 Å². The second kappa shape index (κ2) is 5.71. The Morgan fingerprint density at radius 2 is 1.94 bits per heavy atom. The third-order valence-corrected chi connectivity index (χ3v) is 3.23. The Kier molecular flexibility index (Phi) is 4.53. The number of carboxylic acid groups (broad SMARTS) is 1. The summed E-state index contributed by atoms with van der Waals surface area (Å²) in [4.78, 5) is 26.5. The topological polar surface area (TPSA) is 60.9 Å². The third-order valence-electron chi connectivity index (χ3n) is 3.23. The molecule has 0 bridgehead atoms. The van der Waals surface area contributed by atoms with Gasteiger partial charge < -0.3 is 14.9 Å². The van der Waals surface area contributed by atoms with Gasteiger partial charge in [-0.3, -0.25) is 4.79 Å². The molecular formula is C13H20N2O3. The summed E-state index contributed by atoms with van der Waals surface area (Å²) < 4.78 is 0. The summed E-state index contributed by atoms with van der Waals surface area (Å²) in [7, 11) is 0. The highest BCUT2D eigenvalue weighted by Crippen LogP contribution is 2.30. The Labute approximate surface area is 107 Å². The Morgan fingerprint density at radius 3 is 2.33 bits per heavy atom. The molecule has 1 rings (SSSR count). The molecule has 1 atom stereocenters. The number of likely N-dealkylation sites (tertiary alicyclic amines) is 1. The van der Waals surface area contributed by atoms with E-state index < -0.39 is 11.4 Å². The van der Waals surface area contributed by atoms with E-state index in [0.717, 1.165) is 0 Å². The van der Waals surface area contributed by atoms with Crippen LogP contribution in [0.4, 0.5) is 4.79 Å². The molecule has 18 heavy (non-hydrogen) atoms. The number of carbonyl (C=O) groups is 2. The van der Waals surface area contributed by atoms with E-state index in [1.807, 2.05) is 0 Å². The zero-order valence-electron chi connectivity index (χ0n) is 10.8. The second-order valence-electron chi connectivity index (χ2n) is 4.80. The molecule has 2 amide bonds. The van der Waals surface area contributed by atoms with Crippen molar-refractivity contribution in [3.05, 3.63) is 25.3 Å². The van der Waals surface area contributed by atoms with Crippen molar-refractivity contribution in [2.24, 2.45) is 5.41 Å². The molecule has 1 saturated heterocycles. The van der Waals surface area contributed by atoms with Gasteiger partial charge in [0.05, 0.1) is 5.41 Å². The van der Waals surface area contributed by atoms with E-state index in [4.69, 9.17) is 5.11 Å². The second-order valence-corrected chi connectivity index (χ2v) is 4.80. The number of aliphatic carboxylic acids is 1. The summed E-state index contributed by atoms with van der Waals surface area (Å²) in [5.74, 6) is -0.850. The lowest BCUT2D eigenvalue weighted by Crippen LogP contribution is -2.43. The summed E-state index contributed by atoms with van der Waals surface area (Å²) in [6.45, 7) is 10.5. The molecule has 0 spiro atoms. The Bertz CT molecular complexity index is 357. The lowest BCUT2D eigenvalue weighted by Gasteiger charge is -2.27. The summed E-state index contributed by atoms with van der Waals surface area (Å²) in [5.41, 5.74) is -0.830. The van der Waals surface area contributed by atoms with Crippen LogP contribution in [0.15, 0.2) is 25.3 Å². The molecule has 1 N–H and O–H groups in total. The normalized spacial score (nSPS) is 22.6. The van der Waals surface area contributed by atoms with E-state index >= 15 is 0 Å². The standard InChI is InChI=1S/C13H20N2O3/c1-4-7-14(8-5-2)12(18)15-9-6-13(3,10-15)11(16)17/h4-5H,1-2,6-10H2,3H3,(H,16,17). The summed E-state index contributed by atoms with van der Waals surface area (Å²) in [6, 6.07) is -0.153. The number of hydrogen-bond donors (Lipinski definition) is 1. The molecule has 5 nitrogen and oxygen atoms in total. The number of carboxylic acids is 1. The van der Waals surface area contributed by atoms with Crippen molar-refractivity contribution < 1.29 is 14.7 Å². The van der Waals surface area contributed by atoms with E-state index in [9.17, 15) is 9.59 Å². The van der Waals surface area contributed by atoms with Gasteiger partial charge in [0.2, 0.25) is 0 Å². The van der Waals surface area contributed by atoms with Gasteiger partial charge in [0.15, 0.2) is 0 Å². The highest BCUT2D eigenvalue weighted by atomic mass is 16.4. The predicted molar refractivity (Wildman–Crippen MR) is 69.3 cm³/mol. The smallest absolute Gasteiger partial charge is 0.320 e. The molecule has 1 aliphatic heterocycles. The quantitative estimate of drug-likeness (QED) is 0.756. The van der Waals surface area contributed by atoms with Gasteiger partial charge in [0, 0.05) is 26.2 Å². The molecular weight excluding hydrogens is 232 g/mol. The molecule has 5 heteroatoms. The zero-order chi connectivity index (χ0) is 13.8. The van der Waals surface area contributed by atoms with Gasteiger partial charge in [-0.05, 0) is 13.3 Å². The van der Waals surface area contributed by atoms with Gasteiger partial charge in [-0.25, -0.2) is 4.79 Å². The van der Waals surface area contributed by atoms with Crippen LogP contribution in [0.3, 0.4) is 0 Å². The number of amides is 2. The van der Waals surface area contributed by atoms with Gasteiger partial charge in [-0.2, -0.15) is 0 Å². The highest BCUT2D eigenvalue weighted by Gasteiger charge is 2.42. The van der Waals surface area contributed by atoms with E-state index in [0.29, 0.717) is 26.1 Å². The number of carbonyl (C=O) groups excluding carboxylic acids is 1. The fourth-order valence-corrected chi connectivity index (χ4v) is 2.04. The van der Waals surface area contributed by atoms with Crippen molar-refractivity contribution in [3.8, 4) is 0 Å². The maximum atomic E-state index is 12.2. The number of hydrogen-bond acceptors (Lipinski definition) is 2. The van der Waals surface area contributed by atoms with Crippen LogP contribution >= 0.6 is 0 Å². The first kappa shape index (κ1) is 14.3. The number of nitrogens with zero attached hydrogens (tertiary/aromatic N) is 2. The van der Waals surface area contributed by atoms with Crippen LogP contribution in [0.25, 0.3) is 0 Å². The van der Waals surface area contributed by atoms with E-state index in [1.165, 1.54) is 0 Å². The summed E-state index contributed by atoms with van der Waals surface area (Å²) >= 11 is 0. The van der Waals surface area contributed by atoms with Crippen molar-refractivity contribution in [2.75, 3.05) is 26.2 Å². The average Bonchev–Trinajstić information content (AvgIpc) is 2.72. The fraction of sp³-hybridized carbons (Fsp3) is 0.538. The molecule has 1 aliphatic rings. The number of urea groups is 1. The van der Waals surface area contributed by atoms with Crippen LogP contribution in [0.5, 0.6) is 0 Å². The minimum absolute atomic E-state index is 0.153. The maximum Gasteiger partial charge on any atom is 0.320 e. The van der Waals surface area contributed by atoms with E-state index in [2.05, 4.69) is 13.2 Å². The third kappa shape index (κ3) is 2.91. The zero-order valence-corrected chi connectivity index (χ0v) is 10.8. The van der Waals surface area contributed by atoms with Crippen LogP contribution in [0.1, 0.15) is 13.3 Å². The van der Waals surface area contributed by atoms with Crippen molar-refractivity contribution >= 4 is 12.0 Å². The minimum Gasteiger partial charge on any atom is -0.481 e. The van der Waals surface area contributed by atoms with Gasteiger partial charge in [-0.1, -0.05) is 12.2 Å². The van der Waals surface area contributed by atoms with Crippen LogP contribution in [0.2, 0.25) is 0 Å². The Hall–Kier alpha value is -1.78. The summed E-state index contributed by atoms with van der Waals surface area (Å²) in [6.07, 6.45) is 3.78. The van der Waals surface area contributed by atoms with Crippen molar-refractivity contribution in [1.82, 2.24) is 9.80 Å². The fourth-order valence-electron chi connectivity index (χ4n) is 2.04. The highest BCUT2D eigenvalue weighted by molar-refractivity contribution is 5.79. The largest absolute Gasteiger partial charge is 0.481 e. The monoisotopic (exact) mass is 252 g/mol. The average molecular weight is 252 g/mol. The SMILES string of the molecule is C=CCN(CC=C)C(=O)N1CCC(C)(C(=O)O)C1. The Balaban J connectivity index is 2.70. The first-order chi connectivity index (χ1) is 8.44. The molecule has 0 radical (unpaired) electrons. The summed E-state index contributed by atoms with van der Waals surface area (Å²) in [5, 5.41) is 9.13. The number of rotatable bonds is 5. The molecule has 0 saturated carbocycles. The van der Waals surface area contributed by atoms with E-state index in [1.54, 1.807) is 28.9 Å². The van der Waals surface area contributed by atoms with Crippen LogP contribution in [0, 0.1) is 5.41 Å². The molecule has 0 aliphatic carbocycles. The molecule has 0 aromatic heterocycles. The van der Waals surface area contributed by atoms with Crippen LogP contribution in [-0.2, 0) is 4.79 Å². The van der Waals surface area contributed by atoms with Crippen LogP contribution < -0.4 is 0 Å². The van der Waals surface area contributed by atoms with Gasteiger partial charge in [0.1, 0.15) is 0 Å².